The summed E-state index contributed by atoms with van der Waals surface area (Å²) in [5.41, 5.74) is 6.59. The van der Waals surface area contributed by atoms with E-state index >= 15 is 0 Å². The van der Waals surface area contributed by atoms with E-state index in [1.54, 1.807) is 22.3 Å². The van der Waals surface area contributed by atoms with Crippen molar-refractivity contribution in [2.75, 3.05) is 0 Å². The highest BCUT2D eigenvalue weighted by atomic mass is 14.3. The predicted octanol–water partition coefficient (Wildman–Crippen LogP) is 4.87. The van der Waals surface area contributed by atoms with Crippen molar-refractivity contribution in [2.24, 2.45) is 11.8 Å². The first-order valence-electron chi connectivity index (χ1n) is 6.51. The highest BCUT2D eigenvalue weighted by molar-refractivity contribution is 5.47. The molecular formula is C15H24. The second-order valence-electron chi connectivity index (χ2n) is 5.44. The molecule has 0 aromatic carbocycles. The molecule has 84 valence electrons. The SMILES string of the molecule is CC1=C(C)C(C)C(C2CCCCC2)=C1C. The van der Waals surface area contributed by atoms with Crippen LogP contribution in [0.25, 0.3) is 0 Å². The standard InChI is InChI=1S/C15H24/c1-10-11(2)13(4)15(12(10)3)14-8-6-5-7-9-14/h12,14H,5-9H2,1-4H3. The molecule has 2 aliphatic rings. The second-order valence-corrected chi connectivity index (χ2v) is 5.44. The fraction of sp³-hybridized carbons (Fsp3) is 0.733. The van der Waals surface area contributed by atoms with E-state index in [4.69, 9.17) is 0 Å². The molecule has 0 heterocycles. The molecule has 15 heavy (non-hydrogen) atoms. The van der Waals surface area contributed by atoms with Gasteiger partial charge in [-0.3, -0.25) is 0 Å². The van der Waals surface area contributed by atoms with Crippen molar-refractivity contribution in [3.63, 3.8) is 0 Å². The van der Waals surface area contributed by atoms with Gasteiger partial charge in [0.05, 0.1) is 0 Å². The van der Waals surface area contributed by atoms with Crippen LogP contribution in [0, 0.1) is 11.8 Å². The van der Waals surface area contributed by atoms with Gasteiger partial charge in [0.15, 0.2) is 0 Å². The number of hydrogen-bond donors (Lipinski definition) is 0. The van der Waals surface area contributed by atoms with Crippen molar-refractivity contribution >= 4 is 0 Å². The maximum atomic E-state index is 2.40. The van der Waals surface area contributed by atoms with E-state index in [0.29, 0.717) is 0 Å². The lowest BCUT2D eigenvalue weighted by atomic mass is 9.78. The molecule has 0 radical (unpaired) electrons. The maximum Gasteiger partial charge on any atom is -0.000978 e. The summed E-state index contributed by atoms with van der Waals surface area (Å²) in [6, 6.07) is 0. The molecule has 0 heteroatoms. The van der Waals surface area contributed by atoms with E-state index in [1.807, 2.05) is 0 Å². The molecule has 0 N–H and O–H groups in total. The Morgan fingerprint density at radius 3 is 1.93 bits per heavy atom. The third-order valence-corrected chi connectivity index (χ3v) is 4.75. The Balaban J connectivity index is 2.23. The van der Waals surface area contributed by atoms with Gasteiger partial charge in [0.25, 0.3) is 0 Å². The molecule has 1 fully saturated rings. The third-order valence-electron chi connectivity index (χ3n) is 4.75. The molecule has 0 nitrogen and oxygen atoms in total. The zero-order valence-electron chi connectivity index (χ0n) is 10.7. The van der Waals surface area contributed by atoms with Gasteiger partial charge in [-0.05, 0) is 56.6 Å². The van der Waals surface area contributed by atoms with E-state index in [-0.39, 0.29) is 0 Å². The number of rotatable bonds is 1. The molecule has 1 saturated carbocycles. The molecule has 0 spiro atoms. The van der Waals surface area contributed by atoms with Gasteiger partial charge in [0, 0.05) is 0 Å². The summed E-state index contributed by atoms with van der Waals surface area (Å²) < 4.78 is 0. The molecule has 2 aliphatic carbocycles. The molecular weight excluding hydrogens is 180 g/mol. The van der Waals surface area contributed by atoms with Gasteiger partial charge in [-0.15, -0.1) is 0 Å². The van der Waals surface area contributed by atoms with Crippen LogP contribution in [0.15, 0.2) is 22.3 Å². The Hall–Kier alpha value is -0.520. The first kappa shape index (κ1) is 11.0. The summed E-state index contributed by atoms with van der Waals surface area (Å²) in [4.78, 5) is 0. The molecule has 0 aromatic heterocycles. The van der Waals surface area contributed by atoms with Crippen LogP contribution in [0.5, 0.6) is 0 Å². The van der Waals surface area contributed by atoms with Gasteiger partial charge in [-0.1, -0.05) is 37.3 Å². The predicted molar refractivity (Wildman–Crippen MR) is 66.8 cm³/mol. The Morgan fingerprint density at radius 1 is 0.867 bits per heavy atom. The van der Waals surface area contributed by atoms with Gasteiger partial charge < -0.3 is 0 Å². The van der Waals surface area contributed by atoms with Crippen LogP contribution in [0.4, 0.5) is 0 Å². The topological polar surface area (TPSA) is 0 Å². The normalized spacial score (nSPS) is 29.2. The van der Waals surface area contributed by atoms with Gasteiger partial charge in [0.2, 0.25) is 0 Å². The van der Waals surface area contributed by atoms with E-state index in [0.717, 1.165) is 11.8 Å². The van der Waals surface area contributed by atoms with Crippen molar-refractivity contribution in [3.8, 4) is 0 Å². The fourth-order valence-corrected chi connectivity index (χ4v) is 3.47. The van der Waals surface area contributed by atoms with Crippen LogP contribution in [-0.4, -0.2) is 0 Å². The molecule has 0 bridgehead atoms. The van der Waals surface area contributed by atoms with Crippen LogP contribution in [0.2, 0.25) is 0 Å². The number of hydrogen-bond acceptors (Lipinski definition) is 0. The summed E-state index contributed by atoms with van der Waals surface area (Å²) in [5, 5.41) is 0. The maximum absolute atomic E-state index is 2.40. The van der Waals surface area contributed by atoms with Crippen LogP contribution in [0.3, 0.4) is 0 Å². The fourth-order valence-electron chi connectivity index (χ4n) is 3.47. The van der Waals surface area contributed by atoms with Crippen molar-refractivity contribution in [2.45, 2.75) is 59.8 Å². The van der Waals surface area contributed by atoms with Gasteiger partial charge >= 0.3 is 0 Å². The van der Waals surface area contributed by atoms with Crippen molar-refractivity contribution in [1.82, 2.24) is 0 Å². The quantitative estimate of drug-likeness (QED) is 0.571. The summed E-state index contributed by atoms with van der Waals surface area (Å²) >= 11 is 0. The Morgan fingerprint density at radius 2 is 1.47 bits per heavy atom. The van der Waals surface area contributed by atoms with E-state index in [9.17, 15) is 0 Å². The molecule has 1 unspecified atom stereocenters. The minimum absolute atomic E-state index is 0.730. The minimum Gasteiger partial charge on any atom is -0.0632 e. The van der Waals surface area contributed by atoms with Crippen LogP contribution < -0.4 is 0 Å². The van der Waals surface area contributed by atoms with Gasteiger partial charge in [-0.25, -0.2) is 0 Å². The lowest BCUT2D eigenvalue weighted by molar-refractivity contribution is 0.384. The number of allylic oxidation sites excluding steroid dienone is 4. The zero-order valence-corrected chi connectivity index (χ0v) is 10.7. The first-order chi connectivity index (χ1) is 7.13. The van der Waals surface area contributed by atoms with E-state index in [1.165, 1.54) is 32.1 Å². The van der Waals surface area contributed by atoms with Gasteiger partial charge in [-0.2, -0.15) is 0 Å². The second kappa shape index (κ2) is 4.15. The van der Waals surface area contributed by atoms with E-state index in [2.05, 4.69) is 27.7 Å². The van der Waals surface area contributed by atoms with Gasteiger partial charge in [0.1, 0.15) is 0 Å². The molecule has 0 aromatic rings. The molecule has 2 rings (SSSR count). The van der Waals surface area contributed by atoms with Crippen LogP contribution >= 0.6 is 0 Å². The molecule has 0 saturated heterocycles. The highest BCUT2D eigenvalue weighted by Gasteiger charge is 2.29. The van der Waals surface area contributed by atoms with Crippen molar-refractivity contribution < 1.29 is 0 Å². The Bertz CT molecular complexity index is 311. The summed E-state index contributed by atoms with van der Waals surface area (Å²) in [7, 11) is 0. The smallest absolute Gasteiger partial charge is 0.000978 e. The lowest BCUT2D eigenvalue weighted by Gasteiger charge is -2.27. The minimum atomic E-state index is 0.730. The average Bonchev–Trinajstić information content (AvgIpc) is 2.45. The first-order valence-corrected chi connectivity index (χ1v) is 6.51. The zero-order chi connectivity index (χ0) is 11.0. The lowest BCUT2D eigenvalue weighted by Crippen LogP contribution is -2.14. The summed E-state index contributed by atoms with van der Waals surface area (Å²) in [6.45, 7) is 9.36. The van der Waals surface area contributed by atoms with E-state index < -0.39 is 0 Å². The molecule has 0 aliphatic heterocycles. The monoisotopic (exact) mass is 204 g/mol. The van der Waals surface area contributed by atoms with Crippen LogP contribution in [-0.2, 0) is 0 Å². The molecule has 1 atom stereocenters. The average molecular weight is 204 g/mol. The highest BCUT2D eigenvalue weighted by Crippen LogP contribution is 2.44. The Labute approximate surface area is 94.5 Å². The van der Waals surface area contributed by atoms with Crippen LogP contribution in [0.1, 0.15) is 59.8 Å². The van der Waals surface area contributed by atoms with Crippen molar-refractivity contribution in [1.29, 1.82) is 0 Å². The third kappa shape index (κ3) is 1.79. The largest absolute Gasteiger partial charge is 0.0632 e. The summed E-state index contributed by atoms with van der Waals surface area (Å²) in [6.07, 6.45) is 7.25. The summed E-state index contributed by atoms with van der Waals surface area (Å²) in [5.74, 6) is 1.63. The Kier molecular flexibility index (Phi) is 3.04. The molecule has 0 amide bonds. The van der Waals surface area contributed by atoms with Crippen molar-refractivity contribution in [3.05, 3.63) is 22.3 Å².